The van der Waals surface area contributed by atoms with Gasteiger partial charge in [-0.1, -0.05) is 35.9 Å². The van der Waals surface area contributed by atoms with E-state index in [4.69, 9.17) is 17.0 Å². The Morgan fingerprint density at radius 2 is 1.70 bits per heavy atom. The maximum absolute atomic E-state index is 10.4. The zero-order valence-corrected chi connectivity index (χ0v) is 17.4. The van der Waals surface area contributed by atoms with Crippen LogP contribution in [0.1, 0.15) is 11.1 Å². The van der Waals surface area contributed by atoms with Gasteiger partial charge in [0.2, 0.25) is 0 Å². The molecule has 30 heavy (non-hydrogen) atoms. The standard InChI is InChI=1S/C22H21N5O2S/c1-15-8-10-17(11-9-15)24-22(30)27-23-14-16-12-19(13-20(29-2)21(16)28)26-25-18-6-4-3-5-7-18/h3-14,28H,1-2H3,(H2,24,27,30)/b23-14+,26-25?. The van der Waals surface area contributed by atoms with Gasteiger partial charge in [0.05, 0.1) is 24.7 Å². The maximum Gasteiger partial charge on any atom is 0.191 e. The first-order valence-corrected chi connectivity index (χ1v) is 9.50. The molecule has 0 aliphatic rings. The normalized spacial score (nSPS) is 11.0. The van der Waals surface area contributed by atoms with Crippen LogP contribution in [-0.2, 0) is 0 Å². The third kappa shape index (κ3) is 5.86. The number of anilines is 1. The summed E-state index contributed by atoms with van der Waals surface area (Å²) < 4.78 is 5.22. The molecule has 0 aromatic heterocycles. The Labute approximate surface area is 180 Å². The Hall–Kier alpha value is -3.78. The summed E-state index contributed by atoms with van der Waals surface area (Å²) >= 11 is 5.23. The van der Waals surface area contributed by atoms with Crippen LogP contribution in [0.2, 0.25) is 0 Å². The van der Waals surface area contributed by atoms with Crippen LogP contribution >= 0.6 is 12.2 Å². The molecule has 152 valence electrons. The third-order valence-electron chi connectivity index (χ3n) is 4.03. The van der Waals surface area contributed by atoms with Crippen LogP contribution in [0.15, 0.2) is 82.1 Å². The van der Waals surface area contributed by atoms with Crippen molar-refractivity contribution < 1.29 is 9.84 Å². The first-order valence-electron chi connectivity index (χ1n) is 9.09. The van der Waals surface area contributed by atoms with Gasteiger partial charge in [0.25, 0.3) is 0 Å². The van der Waals surface area contributed by atoms with Gasteiger partial charge in [-0.05, 0) is 49.5 Å². The van der Waals surface area contributed by atoms with Gasteiger partial charge in [0, 0.05) is 17.3 Å². The molecule has 0 aliphatic heterocycles. The summed E-state index contributed by atoms with van der Waals surface area (Å²) in [5, 5.41) is 26.2. The number of nitrogens with one attached hydrogen (secondary N) is 2. The molecule has 8 heteroatoms. The van der Waals surface area contributed by atoms with Gasteiger partial charge in [0.15, 0.2) is 16.6 Å². The summed E-state index contributed by atoms with van der Waals surface area (Å²) in [4.78, 5) is 0. The lowest BCUT2D eigenvalue weighted by Crippen LogP contribution is -2.23. The number of phenols is 1. The number of hydrazone groups is 1. The molecule has 0 aliphatic carbocycles. The van der Waals surface area contributed by atoms with Gasteiger partial charge < -0.3 is 15.2 Å². The highest BCUT2D eigenvalue weighted by Gasteiger charge is 2.09. The smallest absolute Gasteiger partial charge is 0.191 e. The van der Waals surface area contributed by atoms with Crippen molar-refractivity contribution in [3.63, 3.8) is 0 Å². The summed E-state index contributed by atoms with van der Waals surface area (Å²) in [5.74, 6) is 0.209. The lowest BCUT2D eigenvalue weighted by atomic mass is 10.2. The van der Waals surface area contributed by atoms with Gasteiger partial charge in [-0.25, -0.2) is 0 Å². The number of phenolic OH excluding ortho intramolecular Hbond substituents is 1. The number of thiocarbonyl (C=S) groups is 1. The molecule has 3 aromatic carbocycles. The van der Waals surface area contributed by atoms with E-state index in [2.05, 4.69) is 26.1 Å². The highest BCUT2D eigenvalue weighted by Crippen LogP contribution is 2.34. The Balaban J connectivity index is 1.71. The van der Waals surface area contributed by atoms with Crippen molar-refractivity contribution in [3.8, 4) is 11.5 Å². The molecule has 0 saturated carbocycles. The summed E-state index contributed by atoms with van der Waals surface area (Å²) in [6.45, 7) is 2.01. The highest BCUT2D eigenvalue weighted by molar-refractivity contribution is 7.80. The molecule has 0 unspecified atom stereocenters. The van der Waals surface area contributed by atoms with Crippen LogP contribution in [0.3, 0.4) is 0 Å². The van der Waals surface area contributed by atoms with Crippen LogP contribution in [0.5, 0.6) is 11.5 Å². The quantitative estimate of drug-likeness (QED) is 0.214. The summed E-state index contributed by atoms with van der Waals surface area (Å²) in [6, 6.07) is 20.4. The molecule has 0 fully saturated rings. The van der Waals surface area contributed by atoms with E-state index in [-0.39, 0.29) is 11.5 Å². The highest BCUT2D eigenvalue weighted by atomic mass is 32.1. The monoisotopic (exact) mass is 419 g/mol. The van der Waals surface area contributed by atoms with Crippen molar-refractivity contribution >= 4 is 40.6 Å². The minimum Gasteiger partial charge on any atom is -0.504 e. The average Bonchev–Trinajstić information content (AvgIpc) is 2.76. The van der Waals surface area contributed by atoms with E-state index in [0.29, 0.717) is 22.1 Å². The Morgan fingerprint density at radius 1 is 1.00 bits per heavy atom. The van der Waals surface area contributed by atoms with E-state index in [1.807, 2.05) is 61.5 Å². The third-order valence-corrected chi connectivity index (χ3v) is 4.22. The van der Waals surface area contributed by atoms with E-state index in [1.165, 1.54) is 13.3 Å². The Morgan fingerprint density at radius 3 is 2.40 bits per heavy atom. The largest absolute Gasteiger partial charge is 0.504 e. The average molecular weight is 420 g/mol. The molecule has 0 heterocycles. The molecule has 3 rings (SSSR count). The van der Waals surface area contributed by atoms with Crippen LogP contribution < -0.4 is 15.5 Å². The number of azo groups is 1. The lowest BCUT2D eigenvalue weighted by molar-refractivity contribution is 0.373. The summed E-state index contributed by atoms with van der Waals surface area (Å²) in [5.41, 5.74) is 6.36. The number of hydrogen-bond acceptors (Lipinski definition) is 6. The molecule has 0 saturated heterocycles. The van der Waals surface area contributed by atoms with Crippen molar-refractivity contribution in [2.45, 2.75) is 6.92 Å². The molecule has 0 amide bonds. The lowest BCUT2D eigenvalue weighted by Gasteiger charge is -2.08. The molecule has 0 spiro atoms. The van der Waals surface area contributed by atoms with E-state index in [1.54, 1.807) is 12.1 Å². The van der Waals surface area contributed by atoms with Crippen LogP contribution in [-0.4, -0.2) is 23.5 Å². The maximum atomic E-state index is 10.4. The molecule has 3 aromatic rings. The second kappa shape index (κ2) is 10.1. The number of rotatable bonds is 6. The Bertz CT molecular complexity index is 1070. The number of benzene rings is 3. The van der Waals surface area contributed by atoms with Crippen molar-refractivity contribution in [2.75, 3.05) is 12.4 Å². The summed E-state index contributed by atoms with van der Waals surface area (Å²) in [7, 11) is 1.47. The van der Waals surface area contributed by atoms with Gasteiger partial charge in [-0.2, -0.15) is 15.3 Å². The van der Waals surface area contributed by atoms with Crippen LogP contribution in [0.4, 0.5) is 17.1 Å². The zero-order valence-electron chi connectivity index (χ0n) is 16.5. The number of aryl methyl sites for hydroxylation is 1. The van der Waals surface area contributed by atoms with Gasteiger partial charge >= 0.3 is 0 Å². The minimum atomic E-state index is -0.0564. The van der Waals surface area contributed by atoms with Crippen molar-refractivity contribution in [2.24, 2.45) is 15.3 Å². The predicted octanol–water partition coefficient (Wildman–Crippen LogP) is 5.45. The number of aromatic hydroxyl groups is 1. The predicted molar refractivity (Wildman–Crippen MR) is 123 cm³/mol. The van der Waals surface area contributed by atoms with E-state index >= 15 is 0 Å². The molecule has 0 bridgehead atoms. The molecule has 7 nitrogen and oxygen atoms in total. The fourth-order valence-electron chi connectivity index (χ4n) is 2.49. The van der Waals surface area contributed by atoms with Crippen molar-refractivity contribution in [3.05, 3.63) is 77.9 Å². The molecular formula is C22H21N5O2S. The SMILES string of the molecule is COc1cc(N=Nc2ccccc2)cc(/C=N/NC(=S)Nc2ccc(C)cc2)c1O. The molecule has 3 N–H and O–H groups in total. The van der Waals surface area contributed by atoms with Gasteiger partial charge in [-0.3, -0.25) is 5.43 Å². The number of hydrogen-bond donors (Lipinski definition) is 3. The van der Waals surface area contributed by atoms with Crippen molar-refractivity contribution in [1.82, 2.24) is 5.43 Å². The minimum absolute atomic E-state index is 0.0564. The van der Waals surface area contributed by atoms with Gasteiger partial charge in [0.1, 0.15) is 0 Å². The first-order chi connectivity index (χ1) is 14.5. The zero-order chi connectivity index (χ0) is 21.3. The summed E-state index contributed by atoms with van der Waals surface area (Å²) in [6.07, 6.45) is 1.43. The van der Waals surface area contributed by atoms with Crippen LogP contribution in [0, 0.1) is 6.92 Å². The Kier molecular flexibility index (Phi) is 7.07. The topological polar surface area (TPSA) is 90.6 Å². The molecule has 0 atom stereocenters. The number of nitrogens with zero attached hydrogens (tertiary/aromatic N) is 3. The molecular weight excluding hydrogens is 398 g/mol. The van der Waals surface area contributed by atoms with E-state index < -0.39 is 0 Å². The van der Waals surface area contributed by atoms with E-state index in [9.17, 15) is 5.11 Å². The fourth-order valence-corrected chi connectivity index (χ4v) is 2.66. The fraction of sp³-hybridized carbons (Fsp3) is 0.0909. The number of ether oxygens (including phenoxy) is 1. The van der Waals surface area contributed by atoms with Crippen LogP contribution in [0.25, 0.3) is 0 Å². The second-order valence-corrected chi connectivity index (χ2v) is 6.72. The molecule has 0 radical (unpaired) electrons. The van der Waals surface area contributed by atoms with Gasteiger partial charge in [-0.15, -0.1) is 0 Å². The van der Waals surface area contributed by atoms with Crippen molar-refractivity contribution in [1.29, 1.82) is 0 Å². The van der Waals surface area contributed by atoms with E-state index in [0.717, 1.165) is 11.3 Å². The first kappa shape index (κ1) is 20.9. The second-order valence-electron chi connectivity index (χ2n) is 6.31. The number of methoxy groups -OCH3 is 1.